The number of fused-ring (bicyclic) bond motifs is 1. The summed E-state index contributed by atoms with van der Waals surface area (Å²) in [5.74, 6) is 0. The van der Waals surface area contributed by atoms with Gasteiger partial charge in [0.05, 0.1) is 22.8 Å². The zero-order valence-corrected chi connectivity index (χ0v) is 11.6. The van der Waals surface area contributed by atoms with Crippen molar-refractivity contribution in [1.82, 2.24) is 15.2 Å². The lowest BCUT2D eigenvalue weighted by Gasteiger charge is -2.09. The maximum Gasteiger partial charge on any atom is 0.186 e. The summed E-state index contributed by atoms with van der Waals surface area (Å²) in [6, 6.07) is 9.72. The molecule has 0 bridgehead atoms. The first-order chi connectivity index (χ1) is 9.78. The molecule has 0 radical (unpaired) electrons. The third-order valence-electron chi connectivity index (χ3n) is 2.88. The van der Waals surface area contributed by atoms with Crippen LogP contribution in [0, 0.1) is 18.3 Å². The summed E-state index contributed by atoms with van der Waals surface area (Å²) in [5, 5.41) is 22.4. The van der Waals surface area contributed by atoms with Crippen LogP contribution in [0.25, 0.3) is 10.9 Å². The van der Waals surface area contributed by atoms with Crippen LogP contribution in [-0.2, 0) is 6.54 Å². The summed E-state index contributed by atoms with van der Waals surface area (Å²) in [6.45, 7) is 2.59. The lowest BCUT2D eigenvalue weighted by molar-refractivity contribution is 1.04. The van der Waals surface area contributed by atoms with Crippen molar-refractivity contribution in [2.24, 2.45) is 0 Å². The maximum atomic E-state index is 9.18. The number of aromatic nitrogens is 3. The highest BCUT2D eigenvalue weighted by Crippen LogP contribution is 2.25. The van der Waals surface area contributed by atoms with E-state index in [0.717, 1.165) is 26.5 Å². The number of aryl methyl sites for hydroxylation is 1. The number of thiazole rings is 1. The van der Waals surface area contributed by atoms with Crippen LogP contribution >= 0.6 is 11.3 Å². The first kappa shape index (κ1) is 12.5. The highest BCUT2D eigenvalue weighted by Gasteiger charge is 2.10. The molecule has 1 N–H and O–H groups in total. The van der Waals surface area contributed by atoms with Gasteiger partial charge in [-0.15, -0.1) is 21.5 Å². The van der Waals surface area contributed by atoms with E-state index in [2.05, 4.69) is 26.6 Å². The number of rotatable bonds is 3. The standard InChI is InChI=1S/C14H11N5S/c1-9-16-7-10(20-9)8-17-14-11-4-2-3-5-12(11)18-19-13(14)6-15/h2-5,7H,8H2,1H3,(H,17,18). The molecule has 3 aromatic rings. The molecule has 0 aliphatic carbocycles. The number of benzene rings is 1. The van der Waals surface area contributed by atoms with Crippen molar-refractivity contribution in [2.75, 3.05) is 5.32 Å². The van der Waals surface area contributed by atoms with Gasteiger partial charge in [0.1, 0.15) is 6.07 Å². The quantitative estimate of drug-likeness (QED) is 0.799. The Morgan fingerprint density at radius 3 is 2.90 bits per heavy atom. The minimum atomic E-state index is 0.310. The second-order valence-corrected chi connectivity index (χ2v) is 5.57. The van der Waals surface area contributed by atoms with E-state index >= 15 is 0 Å². The highest BCUT2D eigenvalue weighted by molar-refractivity contribution is 7.11. The number of hydrogen-bond donors (Lipinski definition) is 1. The van der Waals surface area contributed by atoms with Crippen molar-refractivity contribution < 1.29 is 0 Å². The van der Waals surface area contributed by atoms with Crippen molar-refractivity contribution in [3.63, 3.8) is 0 Å². The van der Waals surface area contributed by atoms with Crippen molar-refractivity contribution in [3.05, 3.63) is 46.0 Å². The molecule has 0 fully saturated rings. The van der Waals surface area contributed by atoms with Crippen molar-refractivity contribution in [2.45, 2.75) is 13.5 Å². The van der Waals surface area contributed by atoms with Gasteiger partial charge in [-0.25, -0.2) is 4.98 Å². The molecule has 5 nitrogen and oxygen atoms in total. The lowest BCUT2D eigenvalue weighted by Crippen LogP contribution is -2.03. The van der Waals surface area contributed by atoms with Gasteiger partial charge in [0.15, 0.2) is 5.69 Å². The summed E-state index contributed by atoms with van der Waals surface area (Å²) < 4.78 is 0. The van der Waals surface area contributed by atoms with Crippen LogP contribution in [0.15, 0.2) is 30.5 Å². The first-order valence-electron chi connectivity index (χ1n) is 6.08. The predicted octanol–water partition coefficient (Wildman–Crippen LogP) is 2.88. The van der Waals surface area contributed by atoms with E-state index in [9.17, 15) is 5.26 Å². The van der Waals surface area contributed by atoms with Gasteiger partial charge >= 0.3 is 0 Å². The molecule has 0 saturated heterocycles. The Kier molecular flexibility index (Phi) is 3.27. The molecule has 1 aromatic carbocycles. The Balaban J connectivity index is 1.98. The van der Waals surface area contributed by atoms with Gasteiger partial charge in [-0.05, 0) is 13.0 Å². The normalized spacial score (nSPS) is 10.4. The van der Waals surface area contributed by atoms with E-state index in [0.29, 0.717) is 12.2 Å². The number of hydrogen-bond acceptors (Lipinski definition) is 6. The van der Waals surface area contributed by atoms with E-state index in [1.54, 1.807) is 11.3 Å². The van der Waals surface area contributed by atoms with Crippen LogP contribution in [0.2, 0.25) is 0 Å². The zero-order chi connectivity index (χ0) is 13.9. The SMILES string of the molecule is Cc1ncc(CNc2c(C#N)nnc3ccccc23)s1. The van der Waals surface area contributed by atoms with Crippen LogP contribution < -0.4 is 5.32 Å². The Morgan fingerprint density at radius 2 is 2.15 bits per heavy atom. The molecule has 3 rings (SSSR count). The van der Waals surface area contributed by atoms with Crippen LogP contribution in [-0.4, -0.2) is 15.2 Å². The van der Waals surface area contributed by atoms with E-state index in [4.69, 9.17) is 0 Å². The molecule has 6 heteroatoms. The molecule has 0 saturated carbocycles. The van der Waals surface area contributed by atoms with Crippen LogP contribution in [0.5, 0.6) is 0 Å². The largest absolute Gasteiger partial charge is 0.377 e. The molecule has 2 aromatic heterocycles. The summed E-state index contributed by atoms with van der Waals surface area (Å²) in [7, 11) is 0. The van der Waals surface area contributed by atoms with Gasteiger partial charge < -0.3 is 5.32 Å². The monoisotopic (exact) mass is 281 g/mol. The van der Waals surface area contributed by atoms with Crippen LogP contribution in [0.1, 0.15) is 15.6 Å². The molecule has 20 heavy (non-hydrogen) atoms. The van der Waals surface area contributed by atoms with Crippen LogP contribution in [0.3, 0.4) is 0 Å². The Morgan fingerprint density at radius 1 is 1.30 bits per heavy atom. The fourth-order valence-corrected chi connectivity index (χ4v) is 2.71. The topological polar surface area (TPSA) is 74.5 Å². The highest BCUT2D eigenvalue weighted by atomic mass is 32.1. The minimum Gasteiger partial charge on any atom is -0.377 e. The van der Waals surface area contributed by atoms with E-state index in [1.165, 1.54) is 0 Å². The maximum absolute atomic E-state index is 9.18. The van der Waals surface area contributed by atoms with E-state index in [-0.39, 0.29) is 0 Å². The molecule has 0 unspecified atom stereocenters. The predicted molar refractivity (Wildman–Crippen MR) is 78.4 cm³/mol. The van der Waals surface area contributed by atoms with Gasteiger partial charge in [-0.2, -0.15) is 5.26 Å². The van der Waals surface area contributed by atoms with Crippen molar-refractivity contribution in [3.8, 4) is 6.07 Å². The fourth-order valence-electron chi connectivity index (χ4n) is 1.97. The average Bonchev–Trinajstić information content (AvgIpc) is 2.90. The number of nitriles is 1. The zero-order valence-electron chi connectivity index (χ0n) is 10.8. The Labute approximate surface area is 119 Å². The Hall–Kier alpha value is -2.52. The second kappa shape index (κ2) is 5.23. The van der Waals surface area contributed by atoms with Gasteiger partial charge in [0.2, 0.25) is 0 Å². The molecule has 98 valence electrons. The molecular formula is C14H11N5S. The molecule has 0 atom stereocenters. The summed E-state index contributed by atoms with van der Waals surface area (Å²) in [4.78, 5) is 5.34. The van der Waals surface area contributed by atoms with Gasteiger partial charge in [0, 0.05) is 16.5 Å². The second-order valence-electron chi connectivity index (χ2n) is 4.25. The molecule has 0 aliphatic rings. The van der Waals surface area contributed by atoms with Crippen molar-refractivity contribution >= 4 is 27.9 Å². The Bertz CT molecular complexity index is 803. The molecule has 0 amide bonds. The first-order valence-corrected chi connectivity index (χ1v) is 6.90. The van der Waals surface area contributed by atoms with E-state index in [1.807, 2.05) is 37.4 Å². The molecule has 0 aliphatic heterocycles. The summed E-state index contributed by atoms with van der Waals surface area (Å²) in [5.41, 5.74) is 1.81. The van der Waals surface area contributed by atoms with Crippen molar-refractivity contribution in [1.29, 1.82) is 5.26 Å². The molecule has 0 spiro atoms. The minimum absolute atomic E-state index is 0.310. The summed E-state index contributed by atoms with van der Waals surface area (Å²) >= 11 is 1.63. The smallest absolute Gasteiger partial charge is 0.186 e. The molecular weight excluding hydrogens is 270 g/mol. The number of nitrogens with one attached hydrogen (secondary N) is 1. The van der Waals surface area contributed by atoms with E-state index < -0.39 is 0 Å². The fraction of sp³-hybridized carbons (Fsp3) is 0.143. The third kappa shape index (κ3) is 2.31. The van der Waals surface area contributed by atoms with Gasteiger partial charge in [-0.3, -0.25) is 0 Å². The number of nitrogens with zero attached hydrogens (tertiary/aromatic N) is 4. The summed E-state index contributed by atoms with van der Waals surface area (Å²) in [6.07, 6.45) is 1.84. The molecule has 2 heterocycles. The average molecular weight is 281 g/mol. The van der Waals surface area contributed by atoms with Gasteiger partial charge in [-0.1, -0.05) is 18.2 Å². The number of anilines is 1. The van der Waals surface area contributed by atoms with Gasteiger partial charge in [0.25, 0.3) is 0 Å². The third-order valence-corrected chi connectivity index (χ3v) is 3.80. The van der Waals surface area contributed by atoms with Crippen LogP contribution in [0.4, 0.5) is 5.69 Å². The lowest BCUT2D eigenvalue weighted by atomic mass is 10.1.